The van der Waals surface area contributed by atoms with Crippen molar-refractivity contribution < 1.29 is 4.74 Å². The van der Waals surface area contributed by atoms with E-state index in [0.717, 1.165) is 41.0 Å². The lowest BCUT2D eigenvalue weighted by Gasteiger charge is -2.35. The van der Waals surface area contributed by atoms with E-state index in [2.05, 4.69) is 149 Å². The normalized spacial score (nSPS) is 15.8. The van der Waals surface area contributed by atoms with E-state index >= 15 is 0 Å². The maximum absolute atomic E-state index is 9.72. The minimum absolute atomic E-state index is 0.130. The van der Waals surface area contributed by atoms with Gasteiger partial charge in [0.05, 0.1) is 24.0 Å². The van der Waals surface area contributed by atoms with Crippen LogP contribution in [0.3, 0.4) is 0 Å². The van der Waals surface area contributed by atoms with Crippen molar-refractivity contribution in [3.8, 4) is 6.07 Å². The van der Waals surface area contributed by atoms with Gasteiger partial charge in [0.1, 0.15) is 11.4 Å². The molecule has 0 N–H and O–H groups in total. The standard InChI is InChI=1S/C44H31N3O/c1-46-41(30-45)36-26-38(48-44(29-36)27-34-12-2-3-13-35(34)28-44)25-22-31-20-23-37(24-21-31)47(42-18-8-14-32-10-4-6-16-39(32)42)43-19-9-15-33-11-5-7-17-40(33)43/h2-26H,27-29H2/b25-22+,41-36+. The fourth-order valence-electron chi connectivity index (χ4n) is 7.27. The molecule has 4 heteroatoms. The third-order valence-electron chi connectivity index (χ3n) is 9.44. The van der Waals surface area contributed by atoms with Crippen molar-refractivity contribution in [1.82, 2.24) is 0 Å². The number of nitrogens with zero attached hydrogens (tertiary/aromatic N) is 3. The topological polar surface area (TPSA) is 40.6 Å². The van der Waals surface area contributed by atoms with E-state index in [4.69, 9.17) is 11.3 Å². The molecular weight excluding hydrogens is 587 g/mol. The Bertz CT molecular complexity index is 2250. The van der Waals surface area contributed by atoms with Gasteiger partial charge in [-0.05, 0) is 69.5 Å². The zero-order chi connectivity index (χ0) is 32.5. The van der Waals surface area contributed by atoms with E-state index in [0.29, 0.717) is 12.2 Å². The Morgan fingerprint density at radius 3 is 1.83 bits per heavy atom. The molecule has 0 saturated heterocycles. The highest BCUT2D eigenvalue weighted by molar-refractivity contribution is 6.04. The Balaban J connectivity index is 1.16. The highest BCUT2D eigenvalue weighted by atomic mass is 16.5. The number of hydrogen-bond donors (Lipinski definition) is 0. The van der Waals surface area contributed by atoms with Crippen LogP contribution in [0.15, 0.2) is 163 Å². The molecule has 0 atom stereocenters. The Hall–Kier alpha value is -6.36. The average Bonchev–Trinajstić information content (AvgIpc) is 3.48. The lowest BCUT2D eigenvalue weighted by atomic mass is 9.87. The van der Waals surface area contributed by atoms with Gasteiger partial charge in [-0.25, -0.2) is 10.1 Å². The maximum atomic E-state index is 9.72. The summed E-state index contributed by atoms with van der Waals surface area (Å²) in [6, 6.07) is 49.0. The van der Waals surface area contributed by atoms with Crippen molar-refractivity contribution in [3.63, 3.8) is 0 Å². The summed E-state index contributed by atoms with van der Waals surface area (Å²) in [5.41, 5.74) is 7.20. The number of fused-ring (bicyclic) bond motifs is 3. The van der Waals surface area contributed by atoms with Crippen LogP contribution in [0.1, 0.15) is 23.1 Å². The van der Waals surface area contributed by atoms with E-state index in [9.17, 15) is 5.26 Å². The molecule has 8 rings (SSSR count). The van der Waals surface area contributed by atoms with Crippen LogP contribution in [0.25, 0.3) is 32.5 Å². The third kappa shape index (κ3) is 5.30. The summed E-state index contributed by atoms with van der Waals surface area (Å²) in [7, 11) is 0. The van der Waals surface area contributed by atoms with Crippen LogP contribution in [-0.4, -0.2) is 5.60 Å². The molecule has 1 aliphatic heterocycles. The molecule has 48 heavy (non-hydrogen) atoms. The second-order valence-corrected chi connectivity index (χ2v) is 12.5. The first-order valence-corrected chi connectivity index (χ1v) is 16.2. The number of allylic oxidation sites excluding steroid dienone is 3. The van der Waals surface area contributed by atoms with Crippen LogP contribution < -0.4 is 4.90 Å². The van der Waals surface area contributed by atoms with Crippen molar-refractivity contribution >= 4 is 44.7 Å². The number of ether oxygens (including phenoxy) is 1. The van der Waals surface area contributed by atoms with Gasteiger partial charge in [-0.15, -0.1) is 0 Å². The number of benzene rings is 6. The molecule has 1 spiro atoms. The Labute approximate surface area is 280 Å². The van der Waals surface area contributed by atoms with Crippen LogP contribution >= 0.6 is 0 Å². The molecule has 228 valence electrons. The molecule has 1 aliphatic carbocycles. The summed E-state index contributed by atoms with van der Waals surface area (Å²) in [4.78, 5) is 5.88. The molecule has 0 aromatic heterocycles. The lowest BCUT2D eigenvalue weighted by Crippen LogP contribution is -2.36. The van der Waals surface area contributed by atoms with Crippen molar-refractivity contribution in [2.24, 2.45) is 0 Å². The zero-order valence-electron chi connectivity index (χ0n) is 26.3. The Morgan fingerprint density at radius 2 is 1.25 bits per heavy atom. The van der Waals surface area contributed by atoms with Crippen LogP contribution in [0.4, 0.5) is 17.1 Å². The quantitative estimate of drug-likeness (QED) is 0.143. The molecule has 4 nitrogen and oxygen atoms in total. The molecule has 0 bridgehead atoms. The Kier molecular flexibility index (Phi) is 7.33. The third-order valence-corrected chi connectivity index (χ3v) is 9.44. The summed E-state index contributed by atoms with van der Waals surface area (Å²) in [6.45, 7) is 7.61. The van der Waals surface area contributed by atoms with Gasteiger partial charge in [0.2, 0.25) is 0 Å². The second-order valence-electron chi connectivity index (χ2n) is 12.5. The summed E-state index contributed by atoms with van der Waals surface area (Å²) in [5.74, 6) is 0.665. The van der Waals surface area contributed by atoms with Gasteiger partial charge < -0.3 is 9.64 Å². The van der Waals surface area contributed by atoms with Crippen molar-refractivity contribution in [1.29, 1.82) is 5.26 Å². The van der Waals surface area contributed by atoms with Crippen LogP contribution in [0.5, 0.6) is 0 Å². The molecule has 6 aromatic rings. The summed E-state index contributed by atoms with van der Waals surface area (Å²) in [6.07, 6.45) is 7.90. The van der Waals surface area contributed by atoms with Crippen molar-refractivity contribution in [3.05, 3.63) is 191 Å². The number of hydrogen-bond acceptors (Lipinski definition) is 3. The van der Waals surface area contributed by atoms with Gasteiger partial charge in [0.15, 0.2) is 0 Å². The van der Waals surface area contributed by atoms with Gasteiger partial charge in [0, 0.05) is 35.7 Å². The first-order chi connectivity index (χ1) is 23.6. The zero-order valence-corrected chi connectivity index (χ0v) is 26.3. The van der Waals surface area contributed by atoms with Crippen LogP contribution in [0, 0.1) is 17.9 Å². The molecule has 0 unspecified atom stereocenters. The smallest absolute Gasteiger partial charge is 0.265 e. The van der Waals surface area contributed by atoms with E-state index in [1.54, 1.807) is 0 Å². The lowest BCUT2D eigenvalue weighted by molar-refractivity contribution is 0.0108. The van der Waals surface area contributed by atoms with Gasteiger partial charge >= 0.3 is 0 Å². The minimum atomic E-state index is -0.499. The van der Waals surface area contributed by atoms with Gasteiger partial charge in [-0.3, -0.25) is 0 Å². The van der Waals surface area contributed by atoms with E-state index in [-0.39, 0.29) is 5.70 Å². The summed E-state index contributed by atoms with van der Waals surface area (Å²) in [5, 5.41) is 14.5. The summed E-state index contributed by atoms with van der Waals surface area (Å²) < 4.78 is 6.69. The predicted octanol–water partition coefficient (Wildman–Crippen LogP) is 11.0. The van der Waals surface area contributed by atoms with E-state index in [1.807, 2.05) is 18.2 Å². The molecule has 0 amide bonds. The maximum Gasteiger partial charge on any atom is 0.265 e. The first kappa shape index (κ1) is 29.1. The van der Waals surface area contributed by atoms with Gasteiger partial charge in [-0.2, -0.15) is 0 Å². The van der Waals surface area contributed by atoms with Crippen molar-refractivity contribution in [2.45, 2.75) is 24.9 Å². The molecule has 0 fully saturated rings. The van der Waals surface area contributed by atoms with E-state index < -0.39 is 5.60 Å². The highest BCUT2D eigenvalue weighted by Crippen LogP contribution is 2.44. The monoisotopic (exact) mass is 617 g/mol. The van der Waals surface area contributed by atoms with Gasteiger partial charge in [-0.1, -0.05) is 115 Å². The first-order valence-electron chi connectivity index (χ1n) is 16.2. The van der Waals surface area contributed by atoms with Gasteiger partial charge in [0.25, 0.3) is 5.70 Å². The molecule has 6 aromatic carbocycles. The molecular formula is C44H31N3O. The number of anilines is 3. The second kappa shape index (κ2) is 12.1. The largest absolute Gasteiger partial charge is 0.486 e. The molecule has 0 saturated carbocycles. The highest BCUT2D eigenvalue weighted by Gasteiger charge is 2.42. The van der Waals surface area contributed by atoms with Crippen LogP contribution in [0.2, 0.25) is 0 Å². The minimum Gasteiger partial charge on any atom is -0.486 e. The summed E-state index contributed by atoms with van der Waals surface area (Å²) >= 11 is 0. The number of nitriles is 1. The fraction of sp³-hybridized carbons (Fsp3) is 0.0909. The molecule has 0 radical (unpaired) electrons. The fourth-order valence-corrected chi connectivity index (χ4v) is 7.27. The van der Waals surface area contributed by atoms with E-state index in [1.165, 1.54) is 32.7 Å². The predicted molar refractivity (Wildman–Crippen MR) is 195 cm³/mol. The number of rotatable bonds is 5. The Morgan fingerprint density at radius 1 is 0.688 bits per heavy atom. The molecule has 2 aliphatic rings. The molecule has 1 heterocycles. The SMILES string of the molecule is [C-]#[N+]/C(C#N)=C1C=C(/C=C/c2ccc(N(c3cccc4ccccc34)c3cccc4ccccc34)cc2)OC2(C\1)Cc1ccccc1C2. The van der Waals surface area contributed by atoms with Crippen LogP contribution in [-0.2, 0) is 17.6 Å². The van der Waals surface area contributed by atoms with Crippen molar-refractivity contribution in [2.75, 3.05) is 4.90 Å². The average molecular weight is 618 g/mol.